The van der Waals surface area contributed by atoms with Gasteiger partial charge in [-0.25, -0.2) is 4.98 Å². The minimum absolute atomic E-state index is 0.0341. The van der Waals surface area contributed by atoms with Crippen LogP contribution in [0.3, 0.4) is 0 Å². The van der Waals surface area contributed by atoms with Crippen LogP contribution < -0.4 is 5.32 Å². The van der Waals surface area contributed by atoms with Gasteiger partial charge in [0.2, 0.25) is 0 Å². The zero-order chi connectivity index (χ0) is 11.8. The van der Waals surface area contributed by atoms with Crippen LogP contribution in [-0.4, -0.2) is 41.5 Å². The third kappa shape index (κ3) is 2.53. The van der Waals surface area contributed by atoms with Gasteiger partial charge in [0.25, 0.3) is 5.91 Å². The fourth-order valence-corrected chi connectivity index (χ4v) is 3.88. The van der Waals surface area contributed by atoms with Crippen molar-refractivity contribution >= 4 is 33.2 Å². The van der Waals surface area contributed by atoms with Crippen LogP contribution in [0.15, 0.2) is 9.98 Å². The van der Waals surface area contributed by atoms with Gasteiger partial charge in [0.1, 0.15) is 0 Å². The molecule has 2 fully saturated rings. The lowest BCUT2D eigenvalue weighted by Crippen LogP contribution is -2.46. The number of fused-ring (bicyclic) bond motifs is 2. The van der Waals surface area contributed by atoms with Crippen molar-refractivity contribution < 1.29 is 4.79 Å². The Morgan fingerprint density at radius 1 is 1.59 bits per heavy atom. The molecule has 6 heteroatoms. The number of carbonyl (C=O) groups excluding carboxylic acids is 1. The average Bonchev–Trinajstić information content (AvgIpc) is 2.85. The molecule has 0 aliphatic carbocycles. The van der Waals surface area contributed by atoms with Crippen LogP contribution >= 0.6 is 27.3 Å². The summed E-state index contributed by atoms with van der Waals surface area (Å²) in [6, 6.07) is 0.298. The molecule has 0 spiro atoms. The van der Waals surface area contributed by atoms with Crippen LogP contribution in [0, 0.1) is 5.92 Å². The first-order chi connectivity index (χ1) is 8.20. The molecule has 2 aliphatic rings. The standard InChI is InChI=1S/C11H14BrN3OS/c12-9-4-13-11(17-9)10(16)14-8-3-7-1-2-15(5-7)6-8/h4,7-8H,1-3,5-6H2,(H,14,16)/t7-,8-/m1/s1. The molecule has 1 aromatic rings. The normalized spacial score (nSPS) is 31.5. The van der Waals surface area contributed by atoms with E-state index in [2.05, 4.69) is 31.1 Å². The lowest BCUT2D eigenvalue weighted by molar-refractivity contribution is 0.0909. The summed E-state index contributed by atoms with van der Waals surface area (Å²) in [6.07, 6.45) is 4.08. The fourth-order valence-electron chi connectivity index (χ4n) is 2.77. The van der Waals surface area contributed by atoms with E-state index in [1.54, 1.807) is 6.20 Å². The van der Waals surface area contributed by atoms with Gasteiger partial charge in [-0.3, -0.25) is 4.79 Å². The second-order valence-corrected chi connectivity index (χ2v) is 7.20. The summed E-state index contributed by atoms with van der Waals surface area (Å²) in [5, 5.41) is 3.64. The van der Waals surface area contributed by atoms with Crippen LogP contribution in [-0.2, 0) is 0 Å². The summed E-state index contributed by atoms with van der Waals surface area (Å²) < 4.78 is 0.898. The van der Waals surface area contributed by atoms with Crippen molar-refractivity contribution in [1.82, 2.24) is 15.2 Å². The van der Waals surface area contributed by atoms with Crippen molar-refractivity contribution in [2.75, 3.05) is 19.6 Å². The van der Waals surface area contributed by atoms with E-state index in [4.69, 9.17) is 0 Å². The highest BCUT2D eigenvalue weighted by atomic mass is 79.9. The second-order valence-electron chi connectivity index (χ2n) is 4.79. The van der Waals surface area contributed by atoms with Gasteiger partial charge < -0.3 is 10.2 Å². The molecule has 1 amide bonds. The van der Waals surface area contributed by atoms with Crippen LogP contribution in [0.5, 0.6) is 0 Å². The molecule has 2 saturated heterocycles. The zero-order valence-electron chi connectivity index (χ0n) is 9.36. The summed E-state index contributed by atoms with van der Waals surface area (Å²) in [5.41, 5.74) is 0. The summed E-state index contributed by atoms with van der Waals surface area (Å²) in [5.74, 6) is 0.741. The monoisotopic (exact) mass is 315 g/mol. The Morgan fingerprint density at radius 2 is 2.47 bits per heavy atom. The molecule has 2 bridgehead atoms. The number of hydrogen-bond acceptors (Lipinski definition) is 4. The number of thiazole rings is 1. The summed E-state index contributed by atoms with van der Waals surface area (Å²) in [7, 11) is 0. The van der Waals surface area contributed by atoms with Crippen molar-refractivity contribution in [1.29, 1.82) is 0 Å². The van der Waals surface area contributed by atoms with Crippen LogP contribution in [0.25, 0.3) is 0 Å². The number of nitrogens with one attached hydrogen (secondary N) is 1. The summed E-state index contributed by atoms with van der Waals surface area (Å²) >= 11 is 4.70. The smallest absolute Gasteiger partial charge is 0.280 e. The Hall–Kier alpha value is -0.460. The van der Waals surface area contributed by atoms with Gasteiger partial charge in [-0.2, -0.15) is 0 Å². The minimum atomic E-state index is -0.0341. The van der Waals surface area contributed by atoms with Crippen LogP contribution in [0.2, 0.25) is 0 Å². The molecule has 3 rings (SSSR count). The quantitative estimate of drug-likeness (QED) is 0.904. The zero-order valence-corrected chi connectivity index (χ0v) is 11.8. The third-order valence-electron chi connectivity index (χ3n) is 3.47. The number of rotatable bonds is 2. The topological polar surface area (TPSA) is 45.2 Å². The molecule has 0 aromatic carbocycles. The molecular formula is C11H14BrN3OS. The molecule has 3 heterocycles. The first-order valence-corrected chi connectivity index (χ1v) is 7.46. The molecule has 0 saturated carbocycles. The first kappa shape index (κ1) is 11.6. The maximum absolute atomic E-state index is 12.0. The Bertz CT molecular complexity index is 424. The van der Waals surface area contributed by atoms with Gasteiger partial charge in [-0.05, 0) is 41.2 Å². The van der Waals surface area contributed by atoms with Gasteiger partial charge >= 0.3 is 0 Å². The highest BCUT2D eigenvalue weighted by molar-refractivity contribution is 9.11. The Kier molecular flexibility index (Phi) is 3.19. The molecule has 3 atom stereocenters. The maximum atomic E-state index is 12.0. The van der Waals surface area contributed by atoms with Gasteiger partial charge in [0.05, 0.1) is 9.98 Å². The molecule has 1 N–H and O–H groups in total. The van der Waals surface area contributed by atoms with Gasteiger partial charge in [0.15, 0.2) is 5.01 Å². The summed E-state index contributed by atoms with van der Waals surface area (Å²) in [4.78, 5) is 18.5. The number of hydrogen-bond donors (Lipinski definition) is 1. The van der Waals surface area contributed by atoms with Crippen molar-refractivity contribution in [3.05, 3.63) is 15.0 Å². The van der Waals surface area contributed by atoms with E-state index in [1.807, 2.05) is 0 Å². The predicted octanol–water partition coefficient (Wildman–Crippen LogP) is 1.73. The number of piperidine rings is 1. The predicted molar refractivity (Wildman–Crippen MR) is 70.2 cm³/mol. The molecule has 0 radical (unpaired) electrons. The van der Waals surface area contributed by atoms with Crippen molar-refractivity contribution in [2.45, 2.75) is 18.9 Å². The van der Waals surface area contributed by atoms with Crippen molar-refractivity contribution in [3.8, 4) is 0 Å². The molecule has 2 aliphatic heterocycles. The lowest BCUT2D eigenvalue weighted by atomic mass is 9.97. The second kappa shape index (κ2) is 4.66. The fraction of sp³-hybridized carbons (Fsp3) is 0.636. The lowest BCUT2D eigenvalue weighted by Gasteiger charge is -2.30. The van der Waals surface area contributed by atoms with E-state index in [-0.39, 0.29) is 5.91 Å². The first-order valence-electron chi connectivity index (χ1n) is 5.85. The van der Waals surface area contributed by atoms with Crippen molar-refractivity contribution in [3.63, 3.8) is 0 Å². The minimum Gasteiger partial charge on any atom is -0.346 e. The highest BCUT2D eigenvalue weighted by Crippen LogP contribution is 2.27. The van der Waals surface area contributed by atoms with E-state index in [0.717, 1.165) is 22.7 Å². The maximum Gasteiger partial charge on any atom is 0.280 e. The molecule has 4 nitrogen and oxygen atoms in total. The SMILES string of the molecule is O=C(N[C@@H]1C[C@H]2CCN(C2)C1)c1ncc(Br)s1. The van der Waals surface area contributed by atoms with E-state index in [9.17, 15) is 4.79 Å². The molecule has 17 heavy (non-hydrogen) atoms. The number of aromatic nitrogens is 1. The largest absolute Gasteiger partial charge is 0.346 e. The van der Waals surface area contributed by atoms with Crippen LogP contribution in [0.4, 0.5) is 0 Å². The Morgan fingerprint density at radius 3 is 3.18 bits per heavy atom. The summed E-state index contributed by atoms with van der Waals surface area (Å²) in [6.45, 7) is 3.41. The molecule has 92 valence electrons. The molecular weight excluding hydrogens is 302 g/mol. The third-order valence-corrected chi connectivity index (χ3v) is 4.95. The van der Waals surface area contributed by atoms with Gasteiger partial charge in [-0.15, -0.1) is 11.3 Å². The highest BCUT2D eigenvalue weighted by Gasteiger charge is 2.33. The van der Waals surface area contributed by atoms with E-state index < -0.39 is 0 Å². The van der Waals surface area contributed by atoms with E-state index >= 15 is 0 Å². The average molecular weight is 316 g/mol. The van der Waals surface area contributed by atoms with E-state index in [0.29, 0.717) is 11.0 Å². The number of amides is 1. The number of carbonyl (C=O) groups is 1. The van der Waals surface area contributed by atoms with Crippen LogP contribution in [0.1, 0.15) is 22.6 Å². The van der Waals surface area contributed by atoms with Crippen molar-refractivity contribution in [2.24, 2.45) is 5.92 Å². The molecule has 1 unspecified atom stereocenters. The number of nitrogens with zero attached hydrogens (tertiary/aromatic N) is 2. The Balaban J connectivity index is 1.62. The molecule has 1 aromatic heterocycles. The number of halogens is 1. The van der Waals surface area contributed by atoms with E-state index in [1.165, 1.54) is 30.8 Å². The van der Waals surface area contributed by atoms with Gasteiger partial charge in [-0.1, -0.05) is 0 Å². The Labute approximate surface area is 113 Å². The van der Waals surface area contributed by atoms with Gasteiger partial charge in [0, 0.05) is 19.1 Å².